The number of thioether (sulfide) groups is 1. The zero-order chi connectivity index (χ0) is 19.9. The summed E-state index contributed by atoms with van der Waals surface area (Å²) in [7, 11) is 1.63. The number of hydrogen-bond donors (Lipinski definition) is 2. The third-order valence-electron chi connectivity index (χ3n) is 3.75. The number of carbonyl (C=O) groups is 1. The maximum absolute atomic E-state index is 12.4. The van der Waals surface area contributed by atoms with Gasteiger partial charge in [-0.05, 0) is 42.8 Å². The molecule has 0 saturated heterocycles. The molecule has 2 aromatic carbocycles. The van der Waals surface area contributed by atoms with E-state index in [1.165, 1.54) is 23.1 Å². The molecule has 6 nitrogen and oxygen atoms in total. The lowest BCUT2D eigenvalue weighted by Crippen LogP contribution is -2.30. The van der Waals surface area contributed by atoms with E-state index in [4.69, 9.17) is 4.74 Å². The molecule has 3 aromatic rings. The van der Waals surface area contributed by atoms with Crippen LogP contribution in [0.4, 0.5) is 10.8 Å². The zero-order valence-electron chi connectivity index (χ0n) is 15.3. The van der Waals surface area contributed by atoms with Crippen molar-refractivity contribution in [3.05, 3.63) is 58.6 Å². The maximum Gasteiger partial charge on any atom is 0.233 e. The topological polar surface area (TPSA) is 76.1 Å². The molecule has 0 aliphatic carbocycles. The third kappa shape index (κ3) is 5.95. The van der Waals surface area contributed by atoms with Crippen LogP contribution >= 0.6 is 39.0 Å². The smallest absolute Gasteiger partial charge is 0.233 e. The number of methoxy groups -OCH3 is 1. The van der Waals surface area contributed by atoms with Gasteiger partial charge in [0.15, 0.2) is 4.34 Å². The first-order valence-electron chi connectivity index (χ1n) is 8.47. The maximum atomic E-state index is 12.4. The average Bonchev–Trinajstić information content (AvgIpc) is 3.13. The number of ether oxygens (including phenoxy) is 1. The number of anilines is 2. The summed E-state index contributed by atoms with van der Waals surface area (Å²) >= 11 is 6.25. The molecule has 0 saturated carbocycles. The average molecular weight is 479 g/mol. The van der Waals surface area contributed by atoms with Gasteiger partial charge < -0.3 is 15.4 Å². The SMILES string of the molecule is COc1ccc(CNC(=O)C(C)Sc2nnc(Nc3cccc(Br)c3)s2)cc1. The monoisotopic (exact) mass is 478 g/mol. The molecule has 1 amide bonds. The third-order valence-corrected chi connectivity index (χ3v) is 6.27. The van der Waals surface area contributed by atoms with E-state index in [-0.39, 0.29) is 11.2 Å². The molecule has 0 radical (unpaired) electrons. The Bertz CT molecular complexity index is 934. The number of aromatic nitrogens is 2. The normalized spacial score (nSPS) is 11.7. The van der Waals surface area contributed by atoms with Gasteiger partial charge in [0.25, 0.3) is 0 Å². The Morgan fingerprint density at radius 2 is 2.04 bits per heavy atom. The molecular weight excluding hydrogens is 460 g/mol. The fraction of sp³-hybridized carbons (Fsp3) is 0.211. The Balaban J connectivity index is 1.50. The van der Waals surface area contributed by atoms with Gasteiger partial charge in [0, 0.05) is 16.7 Å². The predicted molar refractivity (Wildman–Crippen MR) is 117 cm³/mol. The number of benzene rings is 2. The number of nitrogens with one attached hydrogen (secondary N) is 2. The van der Waals surface area contributed by atoms with Crippen LogP contribution in [-0.4, -0.2) is 28.5 Å². The number of hydrogen-bond acceptors (Lipinski definition) is 7. The quantitative estimate of drug-likeness (QED) is 0.450. The second kappa shape index (κ2) is 9.90. The second-order valence-corrected chi connectivity index (χ2v) is 9.32. The highest BCUT2D eigenvalue weighted by molar-refractivity contribution is 9.10. The number of nitrogens with zero attached hydrogens (tertiary/aromatic N) is 2. The van der Waals surface area contributed by atoms with Gasteiger partial charge in [-0.1, -0.05) is 57.2 Å². The summed E-state index contributed by atoms with van der Waals surface area (Å²) in [6.45, 7) is 2.33. The second-order valence-electron chi connectivity index (χ2n) is 5.83. The molecule has 0 aliphatic rings. The van der Waals surface area contributed by atoms with Gasteiger partial charge in [0.05, 0.1) is 12.4 Å². The zero-order valence-corrected chi connectivity index (χ0v) is 18.5. The first-order valence-corrected chi connectivity index (χ1v) is 11.0. The summed E-state index contributed by atoms with van der Waals surface area (Å²) in [5.41, 5.74) is 1.94. The lowest BCUT2D eigenvalue weighted by atomic mass is 10.2. The van der Waals surface area contributed by atoms with Gasteiger partial charge in [0.1, 0.15) is 5.75 Å². The molecule has 28 heavy (non-hydrogen) atoms. The van der Waals surface area contributed by atoms with Gasteiger partial charge in [-0.25, -0.2) is 0 Å². The highest BCUT2D eigenvalue weighted by Gasteiger charge is 2.17. The van der Waals surface area contributed by atoms with Crippen LogP contribution in [0.3, 0.4) is 0 Å². The van der Waals surface area contributed by atoms with Crippen LogP contribution in [0, 0.1) is 0 Å². The van der Waals surface area contributed by atoms with Crippen molar-refractivity contribution in [2.45, 2.75) is 23.1 Å². The predicted octanol–water partition coefficient (Wildman–Crippen LogP) is 4.85. The van der Waals surface area contributed by atoms with Crippen LogP contribution in [0.1, 0.15) is 12.5 Å². The number of rotatable bonds is 8. The first kappa shape index (κ1) is 20.6. The molecule has 0 spiro atoms. The lowest BCUT2D eigenvalue weighted by molar-refractivity contribution is -0.120. The van der Waals surface area contributed by atoms with Crippen molar-refractivity contribution in [1.29, 1.82) is 0 Å². The molecule has 1 aromatic heterocycles. The van der Waals surface area contributed by atoms with Crippen LogP contribution in [0.2, 0.25) is 0 Å². The van der Waals surface area contributed by atoms with Crippen LogP contribution in [0.5, 0.6) is 5.75 Å². The Hall–Kier alpha value is -2.10. The van der Waals surface area contributed by atoms with Crippen molar-refractivity contribution < 1.29 is 9.53 Å². The van der Waals surface area contributed by atoms with E-state index in [1.807, 2.05) is 55.5 Å². The van der Waals surface area contributed by atoms with E-state index in [0.717, 1.165) is 25.8 Å². The Morgan fingerprint density at radius 1 is 1.25 bits per heavy atom. The largest absolute Gasteiger partial charge is 0.497 e. The summed E-state index contributed by atoms with van der Waals surface area (Å²) < 4.78 is 6.86. The molecule has 1 atom stereocenters. The van der Waals surface area contributed by atoms with Gasteiger partial charge in [0.2, 0.25) is 11.0 Å². The Labute approximate surface area is 180 Å². The van der Waals surface area contributed by atoms with E-state index in [0.29, 0.717) is 11.7 Å². The van der Waals surface area contributed by atoms with Crippen molar-refractivity contribution in [3.63, 3.8) is 0 Å². The van der Waals surface area contributed by atoms with Crippen LogP contribution < -0.4 is 15.4 Å². The highest BCUT2D eigenvalue weighted by Crippen LogP contribution is 2.31. The van der Waals surface area contributed by atoms with Crippen LogP contribution in [0.15, 0.2) is 57.3 Å². The van der Waals surface area contributed by atoms with Crippen molar-refractivity contribution in [2.75, 3.05) is 12.4 Å². The van der Waals surface area contributed by atoms with E-state index in [2.05, 4.69) is 36.8 Å². The van der Waals surface area contributed by atoms with Gasteiger partial charge in [-0.15, -0.1) is 10.2 Å². The molecule has 0 aliphatic heterocycles. The summed E-state index contributed by atoms with van der Waals surface area (Å²) in [6, 6.07) is 15.4. The summed E-state index contributed by atoms with van der Waals surface area (Å²) in [4.78, 5) is 12.4. The first-order chi connectivity index (χ1) is 13.5. The molecule has 3 rings (SSSR count). The molecule has 1 unspecified atom stereocenters. The van der Waals surface area contributed by atoms with Crippen molar-refractivity contribution >= 4 is 55.8 Å². The minimum absolute atomic E-state index is 0.0440. The summed E-state index contributed by atoms with van der Waals surface area (Å²) in [5, 5.41) is 14.9. The number of amides is 1. The fourth-order valence-electron chi connectivity index (χ4n) is 2.28. The molecule has 0 bridgehead atoms. The Kier molecular flexibility index (Phi) is 7.30. The standard InChI is InChI=1S/C19H19BrN4O2S2/c1-12(17(25)21-11-13-6-8-16(26-2)9-7-13)27-19-24-23-18(28-19)22-15-5-3-4-14(20)10-15/h3-10,12H,11H2,1-2H3,(H,21,25)(H,22,23). The van der Waals surface area contributed by atoms with Crippen LogP contribution in [-0.2, 0) is 11.3 Å². The Morgan fingerprint density at radius 3 is 2.75 bits per heavy atom. The van der Waals surface area contributed by atoms with Crippen molar-refractivity contribution in [2.24, 2.45) is 0 Å². The lowest BCUT2D eigenvalue weighted by Gasteiger charge is -2.10. The molecule has 9 heteroatoms. The van der Waals surface area contributed by atoms with Crippen molar-refractivity contribution in [3.8, 4) is 5.75 Å². The van der Waals surface area contributed by atoms with Gasteiger partial charge >= 0.3 is 0 Å². The van der Waals surface area contributed by atoms with Gasteiger partial charge in [-0.2, -0.15) is 0 Å². The van der Waals surface area contributed by atoms with E-state index in [1.54, 1.807) is 7.11 Å². The number of halogens is 1. The van der Waals surface area contributed by atoms with E-state index >= 15 is 0 Å². The molecule has 146 valence electrons. The summed E-state index contributed by atoms with van der Waals surface area (Å²) in [6.07, 6.45) is 0. The van der Waals surface area contributed by atoms with E-state index in [9.17, 15) is 4.79 Å². The summed E-state index contributed by atoms with van der Waals surface area (Å²) in [5.74, 6) is 0.750. The highest BCUT2D eigenvalue weighted by atomic mass is 79.9. The minimum atomic E-state index is -0.273. The minimum Gasteiger partial charge on any atom is -0.497 e. The van der Waals surface area contributed by atoms with E-state index < -0.39 is 0 Å². The molecular formula is C19H19BrN4O2S2. The van der Waals surface area contributed by atoms with Crippen molar-refractivity contribution in [1.82, 2.24) is 15.5 Å². The molecule has 2 N–H and O–H groups in total. The fourth-order valence-corrected chi connectivity index (χ4v) is 4.62. The van der Waals surface area contributed by atoms with Gasteiger partial charge in [-0.3, -0.25) is 4.79 Å². The molecule has 1 heterocycles. The molecule has 0 fully saturated rings. The van der Waals surface area contributed by atoms with Crippen LogP contribution in [0.25, 0.3) is 0 Å². The number of carbonyl (C=O) groups excluding carboxylic acids is 1.